The van der Waals surface area contributed by atoms with Crippen molar-refractivity contribution in [1.29, 1.82) is 0 Å². The van der Waals surface area contributed by atoms with Crippen LogP contribution < -0.4 is 5.32 Å². The second-order valence-electron chi connectivity index (χ2n) is 7.38. The fourth-order valence-electron chi connectivity index (χ4n) is 4.29. The van der Waals surface area contributed by atoms with Crippen molar-refractivity contribution in [2.24, 2.45) is 0 Å². The number of nitro benzene ring substituents is 1. The molecule has 2 aromatic rings. The third-order valence-electron chi connectivity index (χ3n) is 5.79. The Morgan fingerprint density at radius 2 is 1.88 bits per heavy atom. The fourth-order valence-corrected chi connectivity index (χ4v) is 4.29. The van der Waals surface area contributed by atoms with E-state index in [0.717, 1.165) is 52.0 Å². The van der Waals surface area contributed by atoms with E-state index in [1.165, 1.54) is 16.7 Å². The lowest BCUT2D eigenvalue weighted by molar-refractivity contribution is -0.384. The van der Waals surface area contributed by atoms with Crippen molar-refractivity contribution in [3.63, 3.8) is 0 Å². The van der Waals surface area contributed by atoms with Gasteiger partial charge in [-0.05, 0) is 67.1 Å². The molecule has 0 unspecified atom stereocenters. The number of rotatable bonds is 4. The molecule has 2 aliphatic heterocycles. The van der Waals surface area contributed by atoms with Crippen molar-refractivity contribution in [2.75, 3.05) is 19.6 Å². The maximum absolute atomic E-state index is 10.8. The topological polar surface area (TPSA) is 58.4 Å². The molecule has 26 heavy (non-hydrogen) atoms. The van der Waals surface area contributed by atoms with Gasteiger partial charge in [-0.3, -0.25) is 15.0 Å². The van der Waals surface area contributed by atoms with Gasteiger partial charge in [0, 0.05) is 25.2 Å². The normalized spacial score (nSPS) is 18.5. The average Bonchev–Trinajstić information content (AvgIpc) is 2.69. The van der Waals surface area contributed by atoms with Crippen LogP contribution in [0.2, 0.25) is 0 Å². The van der Waals surface area contributed by atoms with E-state index in [1.54, 1.807) is 17.7 Å². The summed E-state index contributed by atoms with van der Waals surface area (Å²) in [7, 11) is 0. The highest BCUT2D eigenvalue weighted by molar-refractivity contribution is 5.37. The fraction of sp³-hybridized carbons (Fsp3) is 0.429. The molecule has 0 bridgehead atoms. The van der Waals surface area contributed by atoms with Gasteiger partial charge in [0.2, 0.25) is 0 Å². The van der Waals surface area contributed by atoms with Crippen LogP contribution in [0.4, 0.5) is 5.69 Å². The minimum atomic E-state index is -0.331. The van der Waals surface area contributed by atoms with Crippen molar-refractivity contribution in [1.82, 2.24) is 10.2 Å². The largest absolute Gasteiger partial charge is 0.312 e. The van der Waals surface area contributed by atoms with Gasteiger partial charge in [0.05, 0.1) is 4.92 Å². The standard InChI is InChI=1S/C21H25N3O2/c25-24(26)20-6-4-16(5-7-20)17-9-12-23(13-10-17)15-19-3-1-2-18-14-22-11-8-21(18)19/h1-7,17,22H,8-15H2. The monoisotopic (exact) mass is 351 g/mol. The molecule has 0 atom stereocenters. The summed E-state index contributed by atoms with van der Waals surface area (Å²) in [5.74, 6) is 0.515. The van der Waals surface area contributed by atoms with Crippen LogP contribution in [0.25, 0.3) is 0 Å². The Balaban J connectivity index is 1.37. The van der Waals surface area contributed by atoms with Crippen LogP contribution in [-0.2, 0) is 19.5 Å². The third-order valence-corrected chi connectivity index (χ3v) is 5.79. The second-order valence-corrected chi connectivity index (χ2v) is 7.38. The van der Waals surface area contributed by atoms with Gasteiger partial charge < -0.3 is 5.32 Å². The zero-order valence-corrected chi connectivity index (χ0v) is 15.0. The van der Waals surface area contributed by atoms with E-state index >= 15 is 0 Å². The number of hydrogen-bond acceptors (Lipinski definition) is 4. The number of likely N-dealkylation sites (tertiary alicyclic amines) is 1. The van der Waals surface area contributed by atoms with Gasteiger partial charge >= 0.3 is 0 Å². The summed E-state index contributed by atoms with van der Waals surface area (Å²) in [5.41, 5.74) is 5.89. The van der Waals surface area contributed by atoms with Gasteiger partial charge in [0.1, 0.15) is 0 Å². The van der Waals surface area contributed by atoms with Gasteiger partial charge in [0.25, 0.3) is 5.69 Å². The van der Waals surface area contributed by atoms with E-state index in [9.17, 15) is 10.1 Å². The molecule has 5 heteroatoms. The number of nitrogens with one attached hydrogen (secondary N) is 1. The summed E-state index contributed by atoms with van der Waals surface area (Å²) in [5, 5.41) is 14.3. The Morgan fingerprint density at radius 3 is 2.62 bits per heavy atom. The molecule has 0 radical (unpaired) electrons. The number of hydrogen-bond donors (Lipinski definition) is 1. The lowest BCUT2D eigenvalue weighted by Gasteiger charge is -2.33. The van der Waals surface area contributed by atoms with Crippen LogP contribution in [0.1, 0.15) is 41.0 Å². The molecule has 2 heterocycles. The van der Waals surface area contributed by atoms with E-state index in [4.69, 9.17) is 0 Å². The van der Waals surface area contributed by atoms with E-state index < -0.39 is 0 Å². The summed E-state index contributed by atoms with van der Waals surface area (Å²) < 4.78 is 0. The molecule has 0 aromatic heterocycles. The van der Waals surface area contributed by atoms with Crippen LogP contribution in [0.15, 0.2) is 42.5 Å². The molecule has 1 fully saturated rings. The van der Waals surface area contributed by atoms with Gasteiger partial charge in [-0.2, -0.15) is 0 Å². The first-order valence-electron chi connectivity index (χ1n) is 9.48. The first-order valence-corrected chi connectivity index (χ1v) is 9.48. The molecule has 0 spiro atoms. The smallest absolute Gasteiger partial charge is 0.269 e. The first kappa shape index (κ1) is 17.2. The van der Waals surface area contributed by atoms with Crippen molar-refractivity contribution >= 4 is 5.69 Å². The Morgan fingerprint density at radius 1 is 1.12 bits per heavy atom. The van der Waals surface area contributed by atoms with Crippen molar-refractivity contribution in [2.45, 2.75) is 38.3 Å². The molecule has 0 amide bonds. The predicted octanol–water partition coefficient (Wildman–Crippen LogP) is 3.62. The Labute approximate surface area is 154 Å². The molecule has 136 valence electrons. The quantitative estimate of drug-likeness (QED) is 0.675. The molecule has 4 rings (SSSR count). The molecule has 0 aliphatic carbocycles. The maximum atomic E-state index is 10.8. The van der Waals surface area contributed by atoms with Gasteiger partial charge in [-0.15, -0.1) is 0 Å². The lowest BCUT2D eigenvalue weighted by atomic mass is 9.88. The number of fused-ring (bicyclic) bond motifs is 1. The lowest BCUT2D eigenvalue weighted by Crippen LogP contribution is -2.33. The number of non-ortho nitro benzene ring substituents is 1. The predicted molar refractivity (Wildman–Crippen MR) is 102 cm³/mol. The molecule has 2 aromatic carbocycles. The summed E-state index contributed by atoms with van der Waals surface area (Å²) in [6, 6.07) is 13.8. The summed E-state index contributed by atoms with van der Waals surface area (Å²) >= 11 is 0. The van der Waals surface area contributed by atoms with Crippen LogP contribution in [0.5, 0.6) is 0 Å². The molecule has 1 N–H and O–H groups in total. The third kappa shape index (κ3) is 3.64. The van der Waals surface area contributed by atoms with Gasteiger partial charge in [0.15, 0.2) is 0 Å². The SMILES string of the molecule is O=[N+]([O-])c1ccc(C2CCN(Cc3cccc4c3CCNC4)CC2)cc1. The van der Waals surface area contributed by atoms with E-state index in [2.05, 4.69) is 28.4 Å². The number of piperidine rings is 1. The number of nitro groups is 1. The molecule has 2 aliphatic rings. The molecular weight excluding hydrogens is 326 g/mol. The van der Waals surface area contributed by atoms with E-state index in [0.29, 0.717) is 5.92 Å². The number of nitrogens with zero attached hydrogens (tertiary/aromatic N) is 2. The maximum Gasteiger partial charge on any atom is 0.269 e. The van der Waals surface area contributed by atoms with E-state index in [-0.39, 0.29) is 10.6 Å². The summed E-state index contributed by atoms with van der Waals surface area (Å²) in [4.78, 5) is 13.0. The zero-order chi connectivity index (χ0) is 17.9. The summed E-state index contributed by atoms with van der Waals surface area (Å²) in [6.45, 7) is 5.28. The average molecular weight is 351 g/mol. The Kier molecular flexibility index (Phi) is 5.00. The van der Waals surface area contributed by atoms with Crippen LogP contribution in [-0.4, -0.2) is 29.5 Å². The Hall–Kier alpha value is -2.24. The van der Waals surface area contributed by atoms with Crippen molar-refractivity contribution in [3.8, 4) is 0 Å². The summed E-state index contributed by atoms with van der Waals surface area (Å²) in [6.07, 6.45) is 3.37. The molecule has 0 saturated carbocycles. The van der Waals surface area contributed by atoms with E-state index in [1.807, 2.05) is 12.1 Å². The first-order chi connectivity index (χ1) is 12.7. The van der Waals surface area contributed by atoms with Crippen molar-refractivity contribution in [3.05, 3.63) is 74.8 Å². The highest BCUT2D eigenvalue weighted by Crippen LogP contribution is 2.30. The number of benzene rings is 2. The molecular formula is C21H25N3O2. The molecule has 5 nitrogen and oxygen atoms in total. The van der Waals surface area contributed by atoms with Crippen LogP contribution >= 0.6 is 0 Å². The van der Waals surface area contributed by atoms with Gasteiger partial charge in [-0.25, -0.2) is 0 Å². The Bertz CT molecular complexity index is 780. The highest BCUT2D eigenvalue weighted by Gasteiger charge is 2.22. The van der Waals surface area contributed by atoms with Gasteiger partial charge in [-0.1, -0.05) is 30.3 Å². The highest BCUT2D eigenvalue weighted by atomic mass is 16.6. The minimum Gasteiger partial charge on any atom is -0.312 e. The zero-order valence-electron chi connectivity index (χ0n) is 15.0. The van der Waals surface area contributed by atoms with Crippen molar-refractivity contribution < 1.29 is 4.92 Å². The minimum absolute atomic E-state index is 0.175. The van der Waals surface area contributed by atoms with Crippen LogP contribution in [0.3, 0.4) is 0 Å². The van der Waals surface area contributed by atoms with Crippen LogP contribution in [0, 0.1) is 10.1 Å². The molecule has 1 saturated heterocycles. The second kappa shape index (κ2) is 7.56.